The van der Waals surface area contributed by atoms with Crippen LogP contribution in [0.25, 0.3) is 16.9 Å². The van der Waals surface area contributed by atoms with Crippen LogP contribution in [0.5, 0.6) is 0 Å². The number of hydrazine groups is 1. The number of benzene rings is 2. The van der Waals surface area contributed by atoms with E-state index >= 15 is 0 Å². The lowest BCUT2D eigenvalue weighted by Gasteiger charge is -2.07. The molecule has 4 aromatic rings. The fourth-order valence-electron chi connectivity index (χ4n) is 2.74. The van der Waals surface area contributed by atoms with E-state index in [2.05, 4.69) is 15.4 Å². The van der Waals surface area contributed by atoms with Crippen molar-refractivity contribution in [1.82, 2.24) is 20.0 Å². The lowest BCUT2D eigenvalue weighted by molar-refractivity contribution is 0.0946. The number of thiophene rings is 1. The highest BCUT2D eigenvalue weighted by atomic mass is 35.5. The molecule has 0 radical (unpaired) electrons. The van der Waals surface area contributed by atoms with Crippen LogP contribution >= 0.6 is 22.9 Å². The van der Waals surface area contributed by atoms with Gasteiger partial charge in [0.05, 0.1) is 15.6 Å². The first-order valence-corrected chi connectivity index (χ1v) is 11.4. The first kappa shape index (κ1) is 20.3. The molecule has 0 aliphatic heterocycles. The zero-order chi connectivity index (χ0) is 21.1. The van der Waals surface area contributed by atoms with Crippen LogP contribution in [0, 0.1) is 0 Å². The average molecular weight is 459 g/mol. The molecule has 4 rings (SSSR count). The molecule has 0 fully saturated rings. The van der Waals surface area contributed by atoms with Gasteiger partial charge in [0.15, 0.2) is 0 Å². The van der Waals surface area contributed by atoms with Gasteiger partial charge in [-0.2, -0.15) is 5.10 Å². The number of rotatable bonds is 6. The summed E-state index contributed by atoms with van der Waals surface area (Å²) in [7, 11) is -3.94. The predicted octanol–water partition coefficient (Wildman–Crippen LogP) is 3.88. The van der Waals surface area contributed by atoms with Gasteiger partial charge in [0.25, 0.3) is 15.9 Å². The van der Waals surface area contributed by atoms with Crippen molar-refractivity contribution in [2.24, 2.45) is 0 Å². The minimum Gasteiger partial charge on any atom is -0.273 e. The molecule has 2 aromatic heterocycles. The van der Waals surface area contributed by atoms with Crippen LogP contribution in [0.4, 0.5) is 0 Å². The van der Waals surface area contributed by atoms with Crippen LogP contribution in [0.3, 0.4) is 0 Å². The third-order valence-electron chi connectivity index (χ3n) is 4.14. The van der Waals surface area contributed by atoms with E-state index in [1.54, 1.807) is 10.9 Å². The van der Waals surface area contributed by atoms with Gasteiger partial charge < -0.3 is 0 Å². The number of carbonyl (C=O) groups excluding carboxylic acids is 1. The van der Waals surface area contributed by atoms with Crippen molar-refractivity contribution < 1.29 is 13.2 Å². The molecule has 152 valence electrons. The Morgan fingerprint density at radius 2 is 1.63 bits per heavy atom. The normalized spacial score (nSPS) is 11.4. The summed E-state index contributed by atoms with van der Waals surface area (Å²) in [6, 6.07) is 21.3. The Morgan fingerprint density at radius 3 is 2.27 bits per heavy atom. The number of hydrogen-bond acceptors (Lipinski definition) is 5. The number of nitrogens with one attached hydrogen (secondary N) is 2. The molecule has 0 bridgehead atoms. The van der Waals surface area contributed by atoms with Gasteiger partial charge in [0.2, 0.25) is 0 Å². The smallest absolute Gasteiger partial charge is 0.270 e. The Kier molecular flexibility index (Phi) is 5.69. The van der Waals surface area contributed by atoms with Gasteiger partial charge in [-0.25, -0.2) is 13.1 Å². The van der Waals surface area contributed by atoms with Crippen LogP contribution in [-0.4, -0.2) is 24.1 Å². The van der Waals surface area contributed by atoms with Crippen molar-refractivity contribution in [3.63, 3.8) is 0 Å². The van der Waals surface area contributed by atoms with Gasteiger partial charge >= 0.3 is 0 Å². The summed E-state index contributed by atoms with van der Waals surface area (Å²) >= 11 is 6.69. The van der Waals surface area contributed by atoms with Gasteiger partial charge in [-0.3, -0.25) is 10.2 Å². The molecule has 0 saturated carbocycles. The summed E-state index contributed by atoms with van der Waals surface area (Å²) in [6.07, 6.45) is 1.56. The maximum atomic E-state index is 12.9. The zero-order valence-electron chi connectivity index (χ0n) is 15.3. The predicted molar refractivity (Wildman–Crippen MR) is 116 cm³/mol. The van der Waals surface area contributed by atoms with Gasteiger partial charge in [0, 0.05) is 11.8 Å². The average Bonchev–Trinajstić information content (AvgIpc) is 3.41. The fourth-order valence-corrected chi connectivity index (χ4v) is 5.06. The van der Waals surface area contributed by atoms with E-state index in [0.29, 0.717) is 10.0 Å². The van der Waals surface area contributed by atoms with E-state index in [9.17, 15) is 13.2 Å². The third kappa shape index (κ3) is 4.29. The SMILES string of the molecule is O=C(NNS(=O)(=O)c1ccc(Cl)s1)c1cn(-c2ccccc2)nc1-c1ccccc1. The second-order valence-corrected chi connectivity index (χ2v) is 9.78. The number of hydrogen-bond donors (Lipinski definition) is 2. The number of aromatic nitrogens is 2. The van der Waals surface area contributed by atoms with Crippen molar-refractivity contribution in [2.45, 2.75) is 4.21 Å². The highest BCUT2D eigenvalue weighted by molar-refractivity contribution is 7.91. The number of halogens is 1. The van der Waals surface area contributed by atoms with E-state index in [4.69, 9.17) is 11.6 Å². The molecule has 0 aliphatic carbocycles. The maximum Gasteiger partial charge on any atom is 0.270 e. The first-order valence-electron chi connectivity index (χ1n) is 8.72. The summed E-state index contributed by atoms with van der Waals surface area (Å²) in [5, 5.41) is 4.54. The summed E-state index contributed by atoms with van der Waals surface area (Å²) < 4.78 is 26.6. The molecule has 0 unspecified atom stereocenters. The van der Waals surface area contributed by atoms with Gasteiger partial charge in [0.1, 0.15) is 9.90 Å². The van der Waals surface area contributed by atoms with Gasteiger partial charge in [-0.15, -0.1) is 16.2 Å². The van der Waals surface area contributed by atoms with Crippen molar-refractivity contribution in [2.75, 3.05) is 0 Å². The van der Waals surface area contributed by atoms with Crippen LogP contribution in [0.15, 0.2) is 83.2 Å². The lowest BCUT2D eigenvalue weighted by atomic mass is 10.1. The summed E-state index contributed by atoms with van der Waals surface area (Å²) in [6.45, 7) is 0. The number of para-hydroxylation sites is 1. The van der Waals surface area contributed by atoms with Crippen LogP contribution in [0.1, 0.15) is 10.4 Å². The first-order chi connectivity index (χ1) is 14.4. The van der Waals surface area contributed by atoms with Crippen LogP contribution in [0.2, 0.25) is 4.34 Å². The van der Waals surface area contributed by atoms with E-state index in [-0.39, 0.29) is 9.77 Å². The standard InChI is InChI=1S/C20H15ClN4O3S2/c21-17-11-12-18(29-17)30(27,28)24-22-20(26)16-13-25(15-9-5-2-6-10-15)23-19(16)14-7-3-1-4-8-14/h1-13,24H,(H,22,26). The Hall–Kier alpha value is -2.98. The number of nitrogens with zero attached hydrogens (tertiary/aromatic N) is 2. The highest BCUT2D eigenvalue weighted by Gasteiger charge is 2.22. The molecule has 2 aromatic carbocycles. The third-order valence-corrected chi connectivity index (χ3v) is 7.11. The minimum atomic E-state index is -3.94. The van der Waals surface area contributed by atoms with Crippen molar-refractivity contribution in [3.8, 4) is 16.9 Å². The molecule has 1 amide bonds. The lowest BCUT2D eigenvalue weighted by Crippen LogP contribution is -2.41. The minimum absolute atomic E-state index is 0.00364. The monoisotopic (exact) mass is 458 g/mol. The molecular weight excluding hydrogens is 444 g/mol. The fraction of sp³-hybridized carbons (Fsp3) is 0. The van der Waals surface area contributed by atoms with Gasteiger partial charge in [-0.1, -0.05) is 60.1 Å². The van der Waals surface area contributed by atoms with Crippen LogP contribution < -0.4 is 10.3 Å². The molecule has 0 spiro atoms. The van der Waals surface area contributed by atoms with E-state index in [0.717, 1.165) is 22.6 Å². The molecule has 7 nitrogen and oxygen atoms in total. The molecule has 10 heteroatoms. The summed E-state index contributed by atoms with van der Waals surface area (Å²) in [5.74, 6) is -0.637. The Labute approximate surface area is 182 Å². The van der Waals surface area contributed by atoms with E-state index in [1.165, 1.54) is 12.1 Å². The topological polar surface area (TPSA) is 93.1 Å². The van der Waals surface area contributed by atoms with Crippen molar-refractivity contribution in [3.05, 3.63) is 88.9 Å². The molecule has 0 atom stereocenters. The van der Waals surface area contributed by atoms with Gasteiger partial charge in [-0.05, 0) is 24.3 Å². The number of carbonyl (C=O) groups is 1. The molecule has 2 heterocycles. The Bertz CT molecular complexity index is 1290. The quantitative estimate of drug-likeness (QED) is 0.429. The highest BCUT2D eigenvalue weighted by Crippen LogP contribution is 2.26. The van der Waals surface area contributed by atoms with Crippen molar-refractivity contribution >= 4 is 38.9 Å². The molecule has 0 saturated heterocycles. The second kappa shape index (κ2) is 8.41. The molecule has 0 aliphatic rings. The van der Waals surface area contributed by atoms with Crippen LogP contribution in [-0.2, 0) is 10.0 Å². The van der Waals surface area contributed by atoms with E-state index < -0.39 is 15.9 Å². The van der Waals surface area contributed by atoms with Crippen molar-refractivity contribution in [1.29, 1.82) is 0 Å². The Balaban J connectivity index is 1.65. The largest absolute Gasteiger partial charge is 0.273 e. The molecule has 30 heavy (non-hydrogen) atoms. The summed E-state index contributed by atoms with van der Waals surface area (Å²) in [5.41, 5.74) is 4.39. The molecule has 2 N–H and O–H groups in total. The second-order valence-electron chi connectivity index (χ2n) is 6.16. The number of amides is 1. The Morgan fingerprint density at radius 1 is 0.967 bits per heavy atom. The number of sulfonamides is 1. The van der Waals surface area contributed by atoms with E-state index in [1.807, 2.05) is 60.7 Å². The zero-order valence-corrected chi connectivity index (χ0v) is 17.7. The summed E-state index contributed by atoms with van der Waals surface area (Å²) in [4.78, 5) is 15.0. The molecular formula is C20H15ClN4O3S2. The maximum absolute atomic E-state index is 12.9.